The second-order valence-electron chi connectivity index (χ2n) is 7.83. The molecule has 1 aliphatic rings. The van der Waals surface area contributed by atoms with Crippen LogP contribution in [0.5, 0.6) is 0 Å². The average Bonchev–Trinajstić information content (AvgIpc) is 3.10. The number of alkyl halides is 2. The van der Waals surface area contributed by atoms with Crippen LogP contribution < -0.4 is 0 Å². The third-order valence-corrected chi connectivity index (χ3v) is 6.54. The summed E-state index contributed by atoms with van der Waals surface area (Å²) >= 11 is 12.5. The van der Waals surface area contributed by atoms with Crippen molar-refractivity contribution in [2.45, 2.75) is 44.8 Å². The van der Waals surface area contributed by atoms with E-state index in [0.29, 0.717) is 40.1 Å². The summed E-state index contributed by atoms with van der Waals surface area (Å²) in [6, 6.07) is 4.59. The number of hydrogen-bond donors (Lipinski definition) is 2. The van der Waals surface area contributed by atoms with Crippen molar-refractivity contribution in [3.05, 3.63) is 56.8 Å². The van der Waals surface area contributed by atoms with E-state index >= 15 is 0 Å². The first kappa shape index (κ1) is 21.9. The van der Waals surface area contributed by atoms with Gasteiger partial charge in [-0.1, -0.05) is 41.4 Å². The Balaban J connectivity index is 1.65. The van der Waals surface area contributed by atoms with E-state index in [1.54, 1.807) is 17.0 Å². The molecule has 1 unspecified atom stereocenters. The van der Waals surface area contributed by atoms with Gasteiger partial charge in [0.05, 0.1) is 22.9 Å². The number of rotatable bonds is 4. The lowest BCUT2D eigenvalue weighted by molar-refractivity contribution is -0.133. The van der Waals surface area contributed by atoms with Gasteiger partial charge < -0.3 is 10.0 Å². The minimum Gasteiger partial charge on any atom is -0.379 e. The van der Waals surface area contributed by atoms with Crippen molar-refractivity contribution < 1.29 is 18.7 Å². The van der Waals surface area contributed by atoms with Crippen LogP contribution in [0.2, 0.25) is 10.2 Å². The van der Waals surface area contributed by atoms with Crippen LogP contribution in [-0.4, -0.2) is 44.1 Å². The number of H-pyrrole nitrogens is 1. The smallest absolute Gasteiger partial charge is 0.270 e. The molecule has 3 heterocycles. The van der Waals surface area contributed by atoms with Gasteiger partial charge in [0.15, 0.2) is 5.65 Å². The van der Waals surface area contributed by atoms with Crippen LogP contribution in [0.4, 0.5) is 8.78 Å². The summed E-state index contributed by atoms with van der Waals surface area (Å²) in [4.78, 5) is 19.0. The van der Waals surface area contributed by atoms with Crippen LogP contribution in [0, 0.1) is 0 Å². The van der Waals surface area contributed by atoms with Crippen LogP contribution in [-0.2, 0) is 23.2 Å². The van der Waals surface area contributed by atoms with Gasteiger partial charge in [0.1, 0.15) is 10.8 Å². The maximum atomic E-state index is 13.4. The average molecular weight is 469 g/mol. The van der Waals surface area contributed by atoms with Crippen LogP contribution in [0.3, 0.4) is 0 Å². The topological polar surface area (TPSA) is 82.1 Å². The number of carbonyl (C=O) groups is 1. The largest absolute Gasteiger partial charge is 0.379 e. The third-order valence-electron chi connectivity index (χ3n) is 5.94. The van der Waals surface area contributed by atoms with E-state index in [-0.39, 0.29) is 29.1 Å². The van der Waals surface area contributed by atoms with Gasteiger partial charge in [0.2, 0.25) is 5.91 Å². The summed E-state index contributed by atoms with van der Waals surface area (Å²) in [5.74, 6) is -0.184. The second kappa shape index (κ2) is 8.00. The van der Waals surface area contributed by atoms with Crippen LogP contribution in [0.1, 0.15) is 42.1 Å². The zero-order chi connectivity index (χ0) is 22.5. The molecule has 10 heteroatoms. The summed E-state index contributed by atoms with van der Waals surface area (Å²) in [5.41, 5.74) is 0.238. The van der Waals surface area contributed by atoms with Crippen LogP contribution in [0.25, 0.3) is 11.0 Å². The standard InChI is InChI=1S/C21H20Cl2F2N4O2/c1-10-11-4-3-5-14(21(2,31)20(24)25)12(11)6-7-29(10)16(30)8-13-15(22)9-26-19-17(13)18(23)27-28-19/h3-5,9-10,20,31H,6-8H2,1-2H3,(H,26,27,28)/t10-,21?/m0/s1. The minimum atomic E-state index is -2.93. The monoisotopic (exact) mass is 468 g/mol. The number of aromatic amines is 1. The lowest BCUT2D eigenvalue weighted by atomic mass is 9.83. The number of aliphatic hydroxyl groups is 1. The maximum Gasteiger partial charge on any atom is 0.270 e. The highest BCUT2D eigenvalue weighted by atomic mass is 35.5. The summed E-state index contributed by atoms with van der Waals surface area (Å²) in [6.45, 7) is 3.28. The Morgan fingerprint density at radius 2 is 2.16 bits per heavy atom. The van der Waals surface area contributed by atoms with Gasteiger partial charge in [-0.05, 0) is 42.5 Å². The molecule has 3 aromatic rings. The number of amides is 1. The van der Waals surface area contributed by atoms with Gasteiger partial charge in [0.25, 0.3) is 6.43 Å². The van der Waals surface area contributed by atoms with Gasteiger partial charge in [0, 0.05) is 12.7 Å². The van der Waals surface area contributed by atoms with Crippen LogP contribution in [0.15, 0.2) is 24.4 Å². The van der Waals surface area contributed by atoms with E-state index in [1.165, 1.54) is 12.3 Å². The lowest BCUT2D eigenvalue weighted by Crippen LogP contribution is -2.41. The summed E-state index contributed by atoms with van der Waals surface area (Å²) in [6.07, 6.45) is -1.15. The number of nitrogens with zero attached hydrogens (tertiary/aromatic N) is 3. The Morgan fingerprint density at radius 1 is 1.42 bits per heavy atom. The zero-order valence-electron chi connectivity index (χ0n) is 16.8. The molecule has 6 nitrogen and oxygen atoms in total. The molecule has 0 spiro atoms. The molecule has 0 saturated carbocycles. The Kier molecular flexibility index (Phi) is 5.66. The first-order valence-electron chi connectivity index (χ1n) is 9.72. The molecular formula is C21H20Cl2F2N4O2. The van der Waals surface area contributed by atoms with Crippen molar-refractivity contribution in [3.63, 3.8) is 0 Å². The molecule has 0 radical (unpaired) electrons. The third kappa shape index (κ3) is 3.66. The highest BCUT2D eigenvalue weighted by molar-refractivity contribution is 6.36. The van der Waals surface area contributed by atoms with Gasteiger partial charge in [-0.25, -0.2) is 13.8 Å². The van der Waals surface area contributed by atoms with E-state index < -0.39 is 12.0 Å². The number of carbonyl (C=O) groups excluding carboxylic acids is 1. The number of pyridine rings is 1. The van der Waals surface area contributed by atoms with E-state index in [9.17, 15) is 18.7 Å². The second-order valence-corrected chi connectivity index (χ2v) is 8.62. The van der Waals surface area contributed by atoms with Gasteiger partial charge in [-0.15, -0.1) is 0 Å². The van der Waals surface area contributed by atoms with Crippen molar-refractivity contribution in [2.24, 2.45) is 0 Å². The van der Waals surface area contributed by atoms with Crippen molar-refractivity contribution in [1.82, 2.24) is 20.1 Å². The molecule has 2 N–H and O–H groups in total. The zero-order valence-corrected chi connectivity index (χ0v) is 18.3. The molecule has 1 amide bonds. The molecule has 1 aromatic carbocycles. The predicted molar refractivity (Wildman–Crippen MR) is 113 cm³/mol. The number of nitrogens with one attached hydrogen (secondary N) is 1. The highest BCUT2D eigenvalue weighted by Crippen LogP contribution is 2.38. The van der Waals surface area contributed by atoms with Gasteiger partial charge in [-0.3, -0.25) is 9.89 Å². The molecule has 164 valence electrons. The van der Waals surface area contributed by atoms with E-state index in [2.05, 4.69) is 15.2 Å². The fourth-order valence-corrected chi connectivity index (χ4v) is 4.67. The summed E-state index contributed by atoms with van der Waals surface area (Å²) in [7, 11) is 0. The first-order chi connectivity index (χ1) is 14.6. The number of fused-ring (bicyclic) bond motifs is 2. The van der Waals surface area contributed by atoms with Crippen molar-refractivity contribution in [3.8, 4) is 0 Å². The first-order valence-corrected chi connectivity index (χ1v) is 10.5. The Hall–Kier alpha value is -2.29. The number of hydrogen-bond acceptors (Lipinski definition) is 4. The molecule has 0 bridgehead atoms. The molecule has 1 aliphatic heterocycles. The molecule has 0 fully saturated rings. The fraction of sp³-hybridized carbons (Fsp3) is 0.381. The van der Waals surface area contributed by atoms with Crippen molar-refractivity contribution in [2.75, 3.05) is 6.54 Å². The Labute approximate surface area is 187 Å². The number of aromatic nitrogens is 3. The normalized spacial score (nSPS) is 18.3. The van der Waals surface area contributed by atoms with Gasteiger partial charge >= 0.3 is 0 Å². The Bertz CT molecular complexity index is 1170. The van der Waals surface area contributed by atoms with E-state index in [4.69, 9.17) is 23.2 Å². The molecule has 2 atom stereocenters. The summed E-state index contributed by atoms with van der Waals surface area (Å²) < 4.78 is 26.9. The quantitative estimate of drug-likeness (QED) is 0.593. The molecule has 4 rings (SSSR count). The molecular weight excluding hydrogens is 449 g/mol. The lowest BCUT2D eigenvalue weighted by Gasteiger charge is -2.38. The molecule has 31 heavy (non-hydrogen) atoms. The number of benzene rings is 1. The number of halogens is 4. The molecule has 2 aromatic heterocycles. The SMILES string of the molecule is C[C@H]1c2cccc(C(C)(O)C(F)F)c2CCN1C(=O)Cc1c(Cl)cnc2n[nH]c(Cl)c12. The van der Waals surface area contributed by atoms with E-state index in [1.807, 2.05) is 6.92 Å². The highest BCUT2D eigenvalue weighted by Gasteiger charge is 2.39. The molecule has 0 saturated heterocycles. The predicted octanol–water partition coefficient (Wildman–Crippen LogP) is 4.43. The minimum absolute atomic E-state index is 0.00871. The Morgan fingerprint density at radius 3 is 2.87 bits per heavy atom. The van der Waals surface area contributed by atoms with Crippen molar-refractivity contribution >= 4 is 40.1 Å². The van der Waals surface area contributed by atoms with Crippen LogP contribution >= 0.6 is 23.2 Å². The van der Waals surface area contributed by atoms with E-state index in [0.717, 1.165) is 12.5 Å². The van der Waals surface area contributed by atoms with Crippen molar-refractivity contribution in [1.29, 1.82) is 0 Å². The fourth-order valence-electron chi connectivity index (χ4n) is 4.21. The maximum absolute atomic E-state index is 13.4. The van der Waals surface area contributed by atoms with Gasteiger partial charge in [-0.2, -0.15) is 5.10 Å². The molecule has 0 aliphatic carbocycles. The summed E-state index contributed by atoms with van der Waals surface area (Å²) in [5, 5.41) is 18.0.